The van der Waals surface area contributed by atoms with Crippen LogP contribution in [0.3, 0.4) is 0 Å². The van der Waals surface area contributed by atoms with E-state index in [1.165, 1.54) is 25.0 Å². The van der Waals surface area contributed by atoms with Crippen LogP contribution in [-0.2, 0) is 0 Å². The number of hydrogen-bond acceptors (Lipinski definition) is 4. The van der Waals surface area contributed by atoms with E-state index >= 15 is 0 Å². The van der Waals surface area contributed by atoms with Gasteiger partial charge in [0.15, 0.2) is 5.76 Å². The summed E-state index contributed by atoms with van der Waals surface area (Å²) in [6.07, 6.45) is 3.56. The lowest BCUT2D eigenvalue weighted by atomic mass is 9.97. The molecule has 2 saturated heterocycles. The molecule has 3 rings (SSSR count). The normalized spacial score (nSPS) is 26.4. The largest absolute Gasteiger partial charge is 0.475 e. The minimum absolute atomic E-state index is 0.114. The Bertz CT molecular complexity index is 554. The Kier molecular flexibility index (Phi) is 3.71. The first-order valence-electron chi connectivity index (χ1n) is 7.44. The van der Waals surface area contributed by atoms with Crippen LogP contribution < -0.4 is 0 Å². The van der Waals surface area contributed by atoms with E-state index in [4.69, 9.17) is 9.52 Å². The van der Waals surface area contributed by atoms with Gasteiger partial charge in [-0.05, 0) is 38.4 Å². The summed E-state index contributed by atoms with van der Waals surface area (Å²) in [7, 11) is 0. The van der Waals surface area contributed by atoms with Crippen molar-refractivity contribution in [1.82, 2.24) is 9.80 Å². The molecule has 0 aromatic carbocycles. The van der Waals surface area contributed by atoms with Gasteiger partial charge in [0.1, 0.15) is 0 Å². The summed E-state index contributed by atoms with van der Waals surface area (Å²) in [5.41, 5.74) is 0. The van der Waals surface area contributed by atoms with Gasteiger partial charge < -0.3 is 14.4 Å². The van der Waals surface area contributed by atoms with Crippen LogP contribution in [0, 0.1) is 0 Å². The van der Waals surface area contributed by atoms with Gasteiger partial charge in [0.2, 0.25) is 5.76 Å². The average molecular weight is 292 g/mol. The van der Waals surface area contributed by atoms with Gasteiger partial charge in [0, 0.05) is 25.2 Å². The Morgan fingerprint density at radius 1 is 1.24 bits per heavy atom. The number of carboxylic acids is 1. The van der Waals surface area contributed by atoms with Crippen LogP contribution in [0.15, 0.2) is 16.5 Å². The number of carbonyl (C=O) groups is 2. The van der Waals surface area contributed by atoms with Crippen LogP contribution in [0.5, 0.6) is 0 Å². The standard InChI is InChI=1S/C15H20N2O4/c1-10-8-16-7-3-2-4-11(16)9-17(10)14(18)12-5-6-13(21-12)15(19)20/h5-6,10-11H,2-4,7-9H2,1H3,(H,19,20). The second-order valence-electron chi connectivity index (χ2n) is 5.92. The maximum absolute atomic E-state index is 12.5. The molecule has 6 heteroatoms. The van der Waals surface area contributed by atoms with E-state index < -0.39 is 5.97 Å². The maximum atomic E-state index is 12.5. The molecule has 114 valence electrons. The number of piperidine rings is 1. The molecular weight excluding hydrogens is 272 g/mol. The molecule has 21 heavy (non-hydrogen) atoms. The molecule has 0 aliphatic carbocycles. The first kappa shape index (κ1) is 14.1. The highest BCUT2D eigenvalue weighted by Crippen LogP contribution is 2.25. The van der Waals surface area contributed by atoms with E-state index in [1.807, 2.05) is 11.8 Å². The summed E-state index contributed by atoms with van der Waals surface area (Å²) in [6, 6.07) is 3.32. The summed E-state index contributed by atoms with van der Waals surface area (Å²) in [4.78, 5) is 27.7. The molecule has 1 aromatic heterocycles. The van der Waals surface area contributed by atoms with E-state index in [2.05, 4.69) is 4.90 Å². The highest BCUT2D eigenvalue weighted by Gasteiger charge is 2.36. The fraction of sp³-hybridized carbons (Fsp3) is 0.600. The molecule has 0 radical (unpaired) electrons. The van der Waals surface area contributed by atoms with Gasteiger partial charge in [-0.25, -0.2) is 4.79 Å². The lowest BCUT2D eigenvalue weighted by molar-refractivity contribution is 0.0132. The molecule has 0 spiro atoms. The van der Waals surface area contributed by atoms with Crippen LogP contribution >= 0.6 is 0 Å². The van der Waals surface area contributed by atoms with Gasteiger partial charge in [-0.1, -0.05) is 6.42 Å². The number of amides is 1. The molecule has 1 amide bonds. The van der Waals surface area contributed by atoms with Crippen molar-refractivity contribution in [3.05, 3.63) is 23.7 Å². The Morgan fingerprint density at radius 3 is 2.71 bits per heavy atom. The first-order chi connectivity index (χ1) is 10.1. The Hall–Kier alpha value is -1.82. The molecule has 0 bridgehead atoms. The first-order valence-corrected chi connectivity index (χ1v) is 7.44. The van der Waals surface area contributed by atoms with E-state index in [-0.39, 0.29) is 23.5 Å². The van der Waals surface area contributed by atoms with Crippen LogP contribution in [0.1, 0.15) is 47.3 Å². The minimum atomic E-state index is -1.15. The molecule has 0 saturated carbocycles. The number of nitrogens with zero attached hydrogens (tertiary/aromatic N) is 2. The Labute approximate surface area is 123 Å². The molecule has 2 atom stereocenters. The average Bonchev–Trinajstić information content (AvgIpc) is 2.96. The van der Waals surface area contributed by atoms with Crippen molar-refractivity contribution >= 4 is 11.9 Å². The third-order valence-corrected chi connectivity index (χ3v) is 4.48. The van der Waals surface area contributed by atoms with Gasteiger partial charge in [-0.3, -0.25) is 9.69 Å². The molecule has 1 N–H and O–H groups in total. The summed E-state index contributed by atoms with van der Waals surface area (Å²) in [5, 5.41) is 8.87. The molecule has 2 unspecified atom stereocenters. The van der Waals surface area contributed by atoms with Gasteiger partial charge in [0.25, 0.3) is 5.91 Å². The quantitative estimate of drug-likeness (QED) is 0.897. The van der Waals surface area contributed by atoms with E-state index in [0.29, 0.717) is 12.6 Å². The number of fused-ring (bicyclic) bond motifs is 1. The van der Waals surface area contributed by atoms with Gasteiger partial charge >= 0.3 is 5.97 Å². The van der Waals surface area contributed by atoms with Gasteiger partial charge in [-0.2, -0.15) is 0 Å². The molecular formula is C15H20N2O4. The Morgan fingerprint density at radius 2 is 2.00 bits per heavy atom. The third-order valence-electron chi connectivity index (χ3n) is 4.48. The smallest absolute Gasteiger partial charge is 0.371 e. The second-order valence-corrected chi connectivity index (χ2v) is 5.92. The SMILES string of the molecule is CC1CN2CCCCC2CN1C(=O)c1ccc(C(=O)O)o1. The van der Waals surface area contributed by atoms with Crippen molar-refractivity contribution < 1.29 is 19.1 Å². The maximum Gasteiger partial charge on any atom is 0.371 e. The number of furan rings is 1. The van der Waals surface area contributed by atoms with Crippen molar-refractivity contribution in [3.63, 3.8) is 0 Å². The summed E-state index contributed by atoms with van der Waals surface area (Å²) in [5.74, 6) is -1.44. The number of hydrogen-bond donors (Lipinski definition) is 1. The molecule has 2 aliphatic rings. The van der Waals surface area contributed by atoms with E-state index in [1.54, 1.807) is 0 Å². The number of rotatable bonds is 2. The summed E-state index contributed by atoms with van der Waals surface area (Å²) < 4.78 is 5.14. The van der Waals surface area contributed by atoms with Crippen molar-refractivity contribution in [3.8, 4) is 0 Å². The zero-order valence-corrected chi connectivity index (χ0v) is 12.1. The van der Waals surface area contributed by atoms with Crippen LogP contribution in [-0.4, -0.2) is 58.5 Å². The highest BCUT2D eigenvalue weighted by molar-refractivity contribution is 5.93. The fourth-order valence-electron chi connectivity index (χ4n) is 3.34. The van der Waals surface area contributed by atoms with Crippen LogP contribution in [0.2, 0.25) is 0 Å². The number of piperazine rings is 1. The minimum Gasteiger partial charge on any atom is -0.475 e. The van der Waals surface area contributed by atoms with Crippen LogP contribution in [0.4, 0.5) is 0 Å². The van der Waals surface area contributed by atoms with E-state index in [0.717, 1.165) is 19.5 Å². The number of aromatic carboxylic acids is 1. The molecule has 3 heterocycles. The molecule has 2 aliphatic heterocycles. The number of carbonyl (C=O) groups excluding carboxylic acids is 1. The zero-order valence-electron chi connectivity index (χ0n) is 12.1. The van der Waals surface area contributed by atoms with E-state index in [9.17, 15) is 9.59 Å². The van der Waals surface area contributed by atoms with Crippen molar-refractivity contribution in [2.75, 3.05) is 19.6 Å². The molecule has 2 fully saturated rings. The molecule has 6 nitrogen and oxygen atoms in total. The lowest BCUT2D eigenvalue weighted by Gasteiger charge is -2.47. The number of carboxylic acid groups (broad SMARTS) is 1. The Balaban J connectivity index is 1.75. The predicted molar refractivity (Wildman–Crippen MR) is 75.4 cm³/mol. The van der Waals surface area contributed by atoms with Crippen molar-refractivity contribution in [2.45, 2.75) is 38.3 Å². The predicted octanol–water partition coefficient (Wildman–Crippen LogP) is 1.68. The third kappa shape index (κ3) is 2.68. The van der Waals surface area contributed by atoms with Crippen molar-refractivity contribution in [1.29, 1.82) is 0 Å². The van der Waals surface area contributed by atoms with Crippen LogP contribution in [0.25, 0.3) is 0 Å². The zero-order chi connectivity index (χ0) is 15.0. The van der Waals surface area contributed by atoms with Gasteiger partial charge in [-0.15, -0.1) is 0 Å². The molecule has 1 aromatic rings. The second kappa shape index (κ2) is 5.52. The van der Waals surface area contributed by atoms with Gasteiger partial charge in [0.05, 0.1) is 0 Å². The summed E-state index contributed by atoms with van der Waals surface area (Å²) >= 11 is 0. The highest BCUT2D eigenvalue weighted by atomic mass is 16.4. The topological polar surface area (TPSA) is 74.0 Å². The lowest BCUT2D eigenvalue weighted by Crippen LogP contribution is -2.60. The fourth-order valence-corrected chi connectivity index (χ4v) is 3.34. The summed E-state index contributed by atoms with van der Waals surface area (Å²) in [6.45, 7) is 4.72. The van der Waals surface area contributed by atoms with Crippen molar-refractivity contribution in [2.24, 2.45) is 0 Å². The monoisotopic (exact) mass is 292 g/mol.